The second-order valence-corrected chi connectivity index (χ2v) is 5.63. The summed E-state index contributed by atoms with van der Waals surface area (Å²) in [4.78, 5) is 12.0. The number of carbonyl (C=O) groups excluding carboxylic acids is 1. The molecule has 3 N–H and O–H groups in total. The van der Waals surface area contributed by atoms with Gasteiger partial charge in [-0.1, -0.05) is 42.5 Å². The fraction of sp³-hybridized carbons (Fsp3) is 0.278. The Morgan fingerprint density at radius 1 is 1.18 bits per heavy atom. The van der Waals surface area contributed by atoms with Crippen LogP contribution in [0.15, 0.2) is 48.5 Å². The molecule has 1 aliphatic carbocycles. The molecule has 0 fully saturated rings. The van der Waals surface area contributed by atoms with Crippen LogP contribution < -0.4 is 11.1 Å². The number of carbonyl (C=O) groups is 1. The Kier molecular flexibility index (Phi) is 4.39. The van der Waals surface area contributed by atoms with Crippen molar-refractivity contribution in [3.63, 3.8) is 0 Å². The van der Waals surface area contributed by atoms with Gasteiger partial charge in [-0.3, -0.25) is 5.32 Å². The lowest BCUT2D eigenvalue weighted by Crippen LogP contribution is -2.29. The Morgan fingerprint density at radius 3 is 2.82 bits per heavy atom. The van der Waals surface area contributed by atoms with E-state index in [9.17, 15) is 4.79 Å². The van der Waals surface area contributed by atoms with Gasteiger partial charge in [-0.25, -0.2) is 4.79 Å². The molecule has 1 amide bonds. The van der Waals surface area contributed by atoms with Crippen LogP contribution in [0.1, 0.15) is 23.1 Å². The molecule has 0 spiro atoms. The molecule has 0 bridgehead atoms. The SMILES string of the molecule is NC1CCc2cccc(NC(=O)OCc3ccccc3)c2C1. The van der Waals surface area contributed by atoms with Crippen LogP contribution in [0.3, 0.4) is 0 Å². The van der Waals surface area contributed by atoms with Crippen molar-refractivity contribution in [2.75, 3.05) is 5.32 Å². The fourth-order valence-corrected chi connectivity index (χ4v) is 2.80. The van der Waals surface area contributed by atoms with E-state index in [-0.39, 0.29) is 12.6 Å². The third-order valence-electron chi connectivity index (χ3n) is 3.97. The minimum atomic E-state index is -0.434. The van der Waals surface area contributed by atoms with Crippen LogP contribution in [0.2, 0.25) is 0 Å². The highest BCUT2D eigenvalue weighted by Gasteiger charge is 2.19. The molecule has 1 aliphatic rings. The highest BCUT2D eigenvalue weighted by molar-refractivity contribution is 5.86. The maximum Gasteiger partial charge on any atom is 0.411 e. The first kappa shape index (κ1) is 14.6. The van der Waals surface area contributed by atoms with Crippen molar-refractivity contribution >= 4 is 11.8 Å². The smallest absolute Gasteiger partial charge is 0.411 e. The summed E-state index contributed by atoms with van der Waals surface area (Å²) in [7, 11) is 0. The van der Waals surface area contributed by atoms with Gasteiger partial charge in [0.25, 0.3) is 0 Å². The van der Waals surface area contributed by atoms with E-state index in [1.54, 1.807) is 0 Å². The summed E-state index contributed by atoms with van der Waals surface area (Å²) in [6.07, 6.45) is 2.32. The highest BCUT2D eigenvalue weighted by atomic mass is 16.5. The summed E-state index contributed by atoms with van der Waals surface area (Å²) in [5.41, 5.74) is 10.2. The van der Waals surface area contributed by atoms with Gasteiger partial charge >= 0.3 is 6.09 Å². The van der Waals surface area contributed by atoms with Gasteiger partial charge in [-0.05, 0) is 42.0 Å². The van der Waals surface area contributed by atoms with Gasteiger partial charge in [0.2, 0.25) is 0 Å². The number of aryl methyl sites for hydroxylation is 1. The molecular formula is C18H20N2O2. The summed E-state index contributed by atoms with van der Waals surface area (Å²) >= 11 is 0. The minimum absolute atomic E-state index is 0.163. The van der Waals surface area contributed by atoms with E-state index in [0.717, 1.165) is 36.1 Å². The van der Waals surface area contributed by atoms with Crippen molar-refractivity contribution in [2.24, 2.45) is 5.73 Å². The molecule has 0 aliphatic heterocycles. The average Bonchev–Trinajstić information content (AvgIpc) is 2.54. The number of hydrogen-bond acceptors (Lipinski definition) is 3. The number of nitrogens with two attached hydrogens (primary N) is 1. The molecule has 0 aromatic heterocycles. The molecule has 2 aromatic carbocycles. The Hall–Kier alpha value is -2.33. The molecule has 0 radical (unpaired) electrons. The molecule has 22 heavy (non-hydrogen) atoms. The molecular weight excluding hydrogens is 276 g/mol. The normalized spacial score (nSPS) is 16.7. The first-order valence-corrected chi connectivity index (χ1v) is 7.56. The Bertz CT molecular complexity index is 655. The van der Waals surface area contributed by atoms with Crippen molar-refractivity contribution < 1.29 is 9.53 Å². The number of nitrogens with one attached hydrogen (secondary N) is 1. The number of hydrogen-bond donors (Lipinski definition) is 2. The Labute approximate surface area is 130 Å². The molecule has 114 valence electrons. The van der Waals surface area contributed by atoms with E-state index < -0.39 is 6.09 Å². The van der Waals surface area contributed by atoms with E-state index >= 15 is 0 Å². The van der Waals surface area contributed by atoms with Gasteiger partial charge in [0.05, 0.1) is 0 Å². The van der Waals surface area contributed by atoms with E-state index in [2.05, 4.69) is 11.4 Å². The van der Waals surface area contributed by atoms with E-state index in [0.29, 0.717) is 0 Å². The lowest BCUT2D eigenvalue weighted by atomic mass is 9.87. The standard InChI is InChI=1S/C18H20N2O2/c19-15-10-9-14-7-4-8-17(16(14)11-15)20-18(21)22-12-13-5-2-1-3-6-13/h1-8,15H,9-12,19H2,(H,20,21). The van der Waals surface area contributed by atoms with Gasteiger partial charge in [-0.15, -0.1) is 0 Å². The van der Waals surface area contributed by atoms with Gasteiger partial charge in [0.1, 0.15) is 6.61 Å². The molecule has 0 saturated heterocycles. The molecule has 4 heteroatoms. The van der Waals surface area contributed by atoms with Crippen molar-refractivity contribution in [3.8, 4) is 0 Å². The van der Waals surface area contributed by atoms with Crippen LogP contribution in [0.25, 0.3) is 0 Å². The molecule has 2 aromatic rings. The molecule has 1 atom stereocenters. The van der Waals surface area contributed by atoms with Crippen LogP contribution in [0.5, 0.6) is 0 Å². The number of ether oxygens (including phenoxy) is 1. The molecule has 0 heterocycles. The topological polar surface area (TPSA) is 64.3 Å². The molecule has 3 rings (SSSR count). The number of rotatable bonds is 3. The predicted molar refractivity (Wildman–Crippen MR) is 86.7 cm³/mol. The minimum Gasteiger partial charge on any atom is -0.444 e. The van der Waals surface area contributed by atoms with Crippen LogP contribution in [0, 0.1) is 0 Å². The second-order valence-electron chi connectivity index (χ2n) is 5.63. The first-order valence-electron chi connectivity index (χ1n) is 7.56. The third kappa shape index (κ3) is 3.46. The van der Waals surface area contributed by atoms with Crippen molar-refractivity contribution in [2.45, 2.75) is 31.9 Å². The van der Waals surface area contributed by atoms with Gasteiger partial charge in [0.15, 0.2) is 0 Å². The largest absolute Gasteiger partial charge is 0.444 e. The quantitative estimate of drug-likeness (QED) is 0.913. The summed E-state index contributed by atoms with van der Waals surface area (Å²) in [6, 6.07) is 15.8. The van der Waals surface area contributed by atoms with Gasteiger partial charge < -0.3 is 10.5 Å². The zero-order chi connectivity index (χ0) is 15.4. The van der Waals surface area contributed by atoms with Crippen molar-refractivity contribution in [1.29, 1.82) is 0 Å². The number of anilines is 1. The summed E-state index contributed by atoms with van der Waals surface area (Å²) in [6.45, 7) is 0.265. The highest BCUT2D eigenvalue weighted by Crippen LogP contribution is 2.27. The lowest BCUT2D eigenvalue weighted by Gasteiger charge is -2.24. The van der Waals surface area contributed by atoms with E-state index in [4.69, 9.17) is 10.5 Å². The first-order chi connectivity index (χ1) is 10.7. The maximum absolute atomic E-state index is 12.0. The zero-order valence-corrected chi connectivity index (χ0v) is 12.4. The van der Waals surface area contributed by atoms with Crippen LogP contribution in [-0.4, -0.2) is 12.1 Å². The second kappa shape index (κ2) is 6.62. The molecule has 0 saturated carbocycles. The van der Waals surface area contributed by atoms with Crippen LogP contribution >= 0.6 is 0 Å². The molecule has 1 unspecified atom stereocenters. The Balaban J connectivity index is 1.64. The van der Waals surface area contributed by atoms with Crippen molar-refractivity contribution in [3.05, 3.63) is 65.2 Å². The van der Waals surface area contributed by atoms with Gasteiger partial charge in [-0.2, -0.15) is 0 Å². The summed E-state index contributed by atoms with van der Waals surface area (Å²) < 4.78 is 5.27. The van der Waals surface area contributed by atoms with Crippen molar-refractivity contribution in [1.82, 2.24) is 0 Å². The van der Waals surface area contributed by atoms with Crippen LogP contribution in [-0.2, 0) is 24.2 Å². The third-order valence-corrected chi connectivity index (χ3v) is 3.97. The fourth-order valence-electron chi connectivity index (χ4n) is 2.80. The zero-order valence-electron chi connectivity index (χ0n) is 12.4. The predicted octanol–water partition coefficient (Wildman–Crippen LogP) is 3.25. The average molecular weight is 296 g/mol. The maximum atomic E-state index is 12.0. The van der Waals surface area contributed by atoms with Gasteiger partial charge in [0, 0.05) is 11.7 Å². The molecule has 4 nitrogen and oxygen atoms in total. The Morgan fingerprint density at radius 2 is 2.00 bits per heavy atom. The number of benzene rings is 2. The lowest BCUT2D eigenvalue weighted by molar-refractivity contribution is 0.155. The van der Waals surface area contributed by atoms with E-state index in [1.807, 2.05) is 42.5 Å². The number of amides is 1. The summed E-state index contributed by atoms with van der Waals surface area (Å²) in [5, 5.41) is 2.84. The summed E-state index contributed by atoms with van der Waals surface area (Å²) in [5.74, 6) is 0. The number of fused-ring (bicyclic) bond motifs is 1. The van der Waals surface area contributed by atoms with Crippen LogP contribution in [0.4, 0.5) is 10.5 Å². The monoisotopic (exact) mass is 296 g/mol. The van der Waals surface area contributed by atoms with E-state index in [1.165, 1.54) is 5.56 Å².